The quantitative estimate of drug-likeness (QED) is 0.817. The molecule has 2 aromatic rings. The predicted molar refractivity (Wildman–Crippen MR) is 108 cm³/mol. The van der Waals surface area contributed by atoms with E-state index in [-0.39, 0.29) is 30.3 Å². The molecule has 0 radical (unpaired) electrons. The zero-order valence-electron chi connectivity index (χ0n) is 14.5. The largest absolute Gasteiger partial charge is 0.333 e. The van der Waals surface area contributed by atoms with Crippen LogP contribution in [0.5, 0.6) is 0 Å². The fourth-order valence-corrected chi connectivity index (χ4v) is 3.71. The Hall–Kier alpha value is -1.33. The van der Waals surface area contributed by atoms with Crippen LogP contribution in [0.4, 0.5) is 0 Å². The van der Waals surface area contributed by atoms with E-state index in [9.17, 15) is 4.79 Å². The maximum atomic E-state index is 13.1. The van der Waals surface area contributed by atoms with Gasteiger partial charge < -0.3 is 10.2 Å². The summed E-state index contributed by atoms with van der Waals surface area (Å²) in [5.41, 5.74) is 2.00. The second-order valence-corrected chi connectivity index (χ2v) is 7.22. The van der Waals surface area contributed by atoms with E-state index in [0.29, 0.717) is 23.0 Å². The monoisotopic (exact) mass is 413 g/mol. The Kier molecular flexibility index (Phi) is 7.71. The average molecular weight is 415 g/mol. The van der Waals surface area contributed by atoms with E-state index in [4.69, 9.17) is 23.2 Å². The van der Waals surface area contributed by atoms with E-state index in [1.54, 1.807) is 12.3 Å². The molecule has 1 N–H and O–H groups in total. The van der Waals surface area contributed by atoms with Crippen molar-refractivity contribution in [1.29, 1.82) is 0 Å². The molecule has 0 bridgehead atoms. The van der Waals surface area contributed by atoms with Gasteiger partial charge in [0, 0.05) is 48.0 Å². The highest BCUT2D eigenvalue weighted by Crippen LogP contribution is 2.27. The molecule has 140 valence electrons. The maximum Gasteiger partial charge on any atom is 0.226 e. The van der Waals surface area contributed by atoms with Gasteiger partial charge in [-0.3, -0.25) is 9.78 Å². The summed E-state index contributed by atoms with van der Waals surface area (Å²) >= 11 is 12.2. The van der Waals surface area contributed by atoms with Gasteiger partial charge in [-0.1, -0.05) is 42.3 Å². The molecule has 26 heavy (non-hydrogen) atoms. The molecule has 1 aromatic carbocycles. The van der Waals surface area contributed by atoms with Gasteiger partial charge in [0.05, 0.1) is 6.04 Å². The number of rotatable bonds is 4. The van der Waals surface area contributed by atoms with Crippen LogP contribution in [0.15, 0.2) is 42.7 Å². The standard InChI is InChI=1S/C19H21Cl2N3O.ClH/c1-13(9-14-4-5-16(20)10-17(14)21)19(25)24-8-7-23-12-18(24)15-3-2-6-22-11-15;/h2-6,10-11,13,18,23H,7-9,12H2,1H3;1H. The van der Waals surface area contributed by atoms with E-state index in [1.807, 2.05) is 42.3 Å². The summed E-state index contributed by atoms with van der Waals surface area (Å²) < 4.78 is 0. The molecule has 1 amide bonds. The van der Waals surface area contributed by atoms with E-state index < -0.39 is 0 Å². The normalized spacial score (nSPS) is 18.1. The van der Waals surface area contributed by atoms with Crippen molar-refractivity contribution in [2.75, 3.05) is 19.6 Å². The number of carbonyl (C=O) groups is 1. The molecule has 3 rings (SSSR count). The predicted octanol–water partition coefficient (Wildman–Crippen LogP) is 4.16. The lowest BCUT2D eigenvalue weighted by Gasteiger charge is -2.38. The summed E-state index contributed by atoms with van der Waals surface area (Å²) in [6.07, 6.45) is 4.17. The van der Waals surface area contributed by atoms with Gasteiger partial charge in [0.15, 0.2) is 0 Å². The zero-order valence-corrected chi connectivity index (χ0v) is 16.8. The Bertz CT molecular complexity index is 742. The van der Waals surface area contributed by atoms with Crippen molar-refractivity contribution in [3.63, 3.8) is 0 Å². The van der Waals surface area contributed by atoms with Crippen LogP contribution in [-0.4, -0.2) is 35.4 Å². The molecule has 4 nitrogen and oxygen atoms in total. The Balaban J connectivity index is 0.00000243. The first-order valence-corrected chi connectivity index (χ1v) is 9.17. The number of hydrogen-bond acceptors (Lipinski definition) is 3. The Labute approximate surface area is 170 Å². The summed E-state index contributed by atoms with van der Waals surface area (Å²) in [6, 6.07) is 9.36. The highest BCUT2D eigenvalue weighted by Gasteiger charge is 2.30. The van der Waals surface area contributed by atoms with Crippen molar-refractivity contribution in [1.82, 2.24) is 15.2 Å². The van der Waals surface area contributed by atoms with Gasteiger partial charge in [-0.25, -0.2) is 0 Å². The zero-order chi connectivity index (χ0) is 17.8. The third-order valence-electron chi connectivity index (χ3n) is 4.56. The fraction of sp³-hybridized carbons (Fsp3) is 0.368. The minimum atomic E-state index is -0.157. The molecule has 0 spiro atoms. The number of halogens is 3. The summed E-state index contributed by atoms with van der Waals surface area (Å²) in [4.78, 5) is 19.2. The second-order valence-electron chi connectivity index (χ2n) is 6.38. The molecule has 1 aromatic heterocycles. The lowest BCUT2D eigenvalue weighted by atomic mass is 9.97. The van der Waals surface area contributed by atoms with E-state index in [2.05, 4.69) is 10.3 Å². The van der Waals surface area contributed by atoms with Crippen molar-refractivity contribution in [2.24, 2.45) is 5.92 Å². The molecule has 0 saturated carbocycles. The minimum Gasteiger partial charge on any atom is -0.333 e. The molecule has 1 saturated heterocycles. The number of nitrogens with one attached hydrogen (secondary N) is 1. The summed E-state index contributed by atoms with van der Waals surface area (Å²) in [7, 11) is 0. The maximum absolute atomic E-state index is 13.1. The van der Waals surface area contributed by atoms with E-state index in [1.165, 1.54) is 0 Å². The van der Waals surface area contributed by atoms with Gasteiger partial charge in [0.1, 0.15) is 0 Å². The van der Waals surface area contributed by atoms with Crippen LogP contribution >= 0.6 is 35.6 Å². The SMILES string of the molecule is CC(Cc1ccc(Cl)cc1Cl)C(=O)N1CCNCC1c1cccnc1.Cl. The molecule has 2 heterocycles. The molecule has 1 fully saturated rings. The number of benzene rings is 1. The minimum absolute atomic E-state index is 0. The molecule has 2 unspecified atom stereocenters. The number of nitrogens with zero attached hydrogens (tertiary/aromatic N) is 2. The Morgan fingerprint density at radius 2 is 2.19 bits per heavy atom. The third-order valence-corrected chi connectivity index (χ3v) is 5.15. The molecular formula is C19H22Cl3N3O. The van der Waals surface area contributed by atoms with Gasteiger partial charge >= 0.3 is 0 Å². The number of pyridine rings is 1. The molecule has 0 aliphatic carbocycles. The van der Waals surface area contributed by atoms with E-state index in [0.717, 1.165) is 24.2 Å². The number of piperazine rings is 1. The Morgan fingerprint density at radius 1 is 1.38 bits per heavy atom. The molecular weight excluding hydrogens is 393 g/mol. The average Bonchev–Trinajstić information content (AvgIpc) is 2.64. The highest BCUT2D eigenvalue weighted by atomic mass is 35.5. The molecule has 1 aliphatic rings. The van der Waals surface area contributed by atoms with Crippen molar-refractivity contribution in [3.8, 4) is 0 Å². The molecule has 2 atom stereocenters. The lowest BCUT2D eigenvalue weighted by molar-refractivity contribution is -0.138. The number of aromatic nitrogens is 1. The van der Waals surface area contributed by atoms with Crippen molar-refractivity contribution < 1.29 is 4.79 Å². The number of carbonyl (C=O) groups excluding carboxylic acids is 1. The van der Waals surface area contributed by atoms with Crippen LogP contribution in [0.1, 0.15) is 24.1 Å². The van der Waals surface area contributed by atoms with Gasteiger partial charge in [0.2, 0.25) is 5.91 Å². The van der Waals surface area contributed by atoms with Gasteiger partial charge in [0.25, 0.3) is 0 Å². The summed E-state index contributed by atoms with van der Waals surface area (Å²) in [5.74, 6) is -0.0164. The van der Waals surface area contributed by atoms with Crippen molar-refractivity contribution >= 4 is 41.5 Å². The topological polar surface area (TPSA) is 45.2 Å². The van der Waals surface area contributed by atoms with E-state index >= 15 is 0 Å². The van der Waals surface area contributed by atoms with Gasteiger partial charge in [-0.2, -0.15) is 0 Å². The first-order chi connectivity index (χ1) is 12.1. The number of amides is 1. The van der Waals surface area contributed by atoms with Crippen LogP contribution in [0.3, 0.4) is 0 Å². The number of hydrogen-bond donors (Lipinski definition) is 1. The highest BCUT2D eigenvalue weighted by molar-refractivity contribution is 6.35. The van der Waals surface area contributed by atoms with Crippen LogP contribution in [0, 0.1) is 5.92 Å². The van der Waals surface area contributed by atoms with Crippen LogP contribution in [-0.2, 0) is 11.2 Å². The second kappa shape index (κ2) is 9.56. The van der Waals surface area contributed by atoms with Crippen molar-refractivity contribution in [3.05, 3.63) is 63.9 Å². The first kappa shape index (κ1) is 21.0. The molecule has 7 heteroatoms. The van der Waals surface area contributed by atoms with Crippen LogP contribution in [0.2, 0.25) is 10.0 Å². The van der Waals surface area contributed by atoms with Gasteiger partial charge in [-0.15, -0.1) is 12.4 Å². The van der Waals surface area contributed by atoms with Crippen LogP contribution < -0.4 is 5.32 Å². The van der Waals surface area contributed by atoms with Crippen molar-refractivity contribution in [2.45, 2.75) is 19.4 Å². The first-order valence-electron chi connectivity index (χ1n) is 8.41. The molecule has 1 aliphatic heterocycles. The van der Waals surface area contributed by atoms with Crippen LogP contribution in [0.25, 0.3) is 0 Å². The lowest BCUT2D eigenvalue weighted by Crippen LogP contribution is -2.50. The summed E-state index contributed by atoms with van der Waals surface area (Å²) in [6.45, 7) is 4.19. The smallest absolute Gasteiger partial charge is 0.226 e. The Morgan fingerprint density at radius 3 is 2.88 bits per heavy atom. The van der Waals surface area contributed by atoms with Gasteiger partial charge in [-0.05, 0) is 35.7 Å². The third kappa shape index (κ3) is 4.89. The summed E-state index contributed by atoms with van der Waals surface area (Å²) in [5, 5.41) is 4.58. The fourth-order valence-electron chi connectivity index (χ4n) is 3.23.